The van der Waals surface area contributed by atoms with E-state index in [1.54, 1.807) is 25.1 Å². The minimum atomic E-state index is -4.44. The lowest BCUT2D eigenvalue weighted by Gasteiger charge is -2.34. The fourth-order valence-corrected chi connectivity index (χ4v) is 6.40. The highest BCUT2D eigenvalue weighted by Gasteiger charge is 2.35. The molecular weight excluding hydrogens is 632 g/mol. The molecule has 238 valence electrons. The highest BCUT2D eigenvalue weighted by atomic mass is 35.5. The van der Waals surface area contributed by atoms with E-state index in [0.29, 0.717) is 17.7 Å². The molecule has 0 saturated carbocycles. The third-order valence-electron chi connectivity index (χ3n) is 7.11. The number of nitrogens with zero attached hydrogens (tertiary/aromatic N) is 2. The molecule has 0 radical (unpaired) electrons. The first-order valence-corrected chi connectivity index (χ1v) is 16.1. The Bertz CT molecular complexity index is 1550. The Labute approximate surface area is 267 Å². The number of benzene rings is 3. The molecule has 3 aromatic rings. The van der Waals surface area contributed by atoms with Crippen LogP contribution in [0.15, 0.2) is 65.6 Å². The average molecular weight is 669 g/mol. The molecule has 44 heavy (non-hydrogen) atoms. The molecule has 2 amide bonds. The molecule has 0 spiro atoms. The molecule has 1 N–H and O–H groups in total. The lowest BCUT2D eigenvalue weighted by atomic mass is 10.1. The lowest BCUT2D eigenvalue weighted by molar-refractivity contribution is -0.140. The molecular formula is C31H36Cl2FN3O6S. The Kier molecular flexibility index (Phi) is 12.3. The Balaban J connectivity index is 2.13. The second kappa shape index (κ2) is 15.5. The standard InChI is InChI=1S/C31H36Cl2FN3O6S/c1-6-20(3)35-31(39)27(7-2)36(18-24-25(32)9-8-10-26(24)33)30(38)19-37(22-13-11-21(34)12-14-22)44(40,41)23-15-16-28(42-4)29(17-23)43-5/h8-17,20,27H,6-7,18-19H2,1-5H3,(H,35,39)/t20-,27-/m0/s1. The molecule has 13 heteroatoms. The molecule has 0 aromatic heterocycles. The van der Waals surface area contributed by atoms with Crippen LogP contribution in [0.3, 0.4) is 0 Å². The van der Waals surface area contributed by atoms with Gasteiger partial charge in [0.05, 0.1) is 24.8 Å². The maximum Gasteiger partial charge on any atom is 0.264 e. The van der Waals surface area contributed by atoms with Gasteiger partial charge in [0.2, 0.25) is 11.8 Å². The molecule has 0 aliphatic heterocycles. The summed E-state index contributed by atoms with van der Waals surface area (Å²) in [6, 6.07) is 12.4. The van der Waals surface area contributed by atoms with Crippen molar-refractivity contribution in [1.29, 1.82) is 0 Å². The van der Waals surface area contributed by atoms with E-state index in [2.05, 4.69) is 5.32 Å². The van der Waals surface area contributed by atoms with Crippen molar-refractivity contribution >= 4 is 50.7 Å². The molecule has 3 aromatic carbocycles. The van der Waals surface area contributed by atoms with E-state index in [4.69, 9.17) is 32.7 Å². The monoisotopic (exact) mass is 667 g/mol. The van der Waals surface area contributed by atoms with Gasteiger partial charge in [0.25, 0.3) is 10.0 Å². The summed E-state index contributed by atoms with van der Waals surface area (Å²) in [6.45, 7) is 4.61. The maximum absolute atomic E-state index is 14.2. The van der Waals surface area contributed by atoms with E-state index in [1.807, 2.05) is 13.8 Å². The molecule has 0 fully saturated rings. The number of anilines is 1. The van der Waals surface area contributed by atoms with Crippen LogP contribution in [0, 0.1) is 5.82 Å². The van der Waals surface area contributed by atoms with Gasteiger partial charge in [-0.25, -0.2) is 12.8 Å². The third-order valence-corrected chi connectivity index (χ3v) is 9.59. The van der Waals surface area contributed by atoms with Gasteiger partial charge in [-0.3, -0.25) is 13.9 Å². The predicted octanol–water partition coefficient (Wildman–Crippen LogP) is 6.07. The zero-order valence-corrected chi connectivity index (χ0v) is 27.5. The summed E-state index contributed by atoms with van der Waals surface area (Å²) in [5.74, 6) is -1.25. The van der Waals surface area contributed by atoms with Crippen LogP contribution in [-0.2, 0) is 26.2 Å². The Morgan fingerprint density at radius 3 is 2.09 bits per heavy atom. The van der Waals surface area contributed by atoms with Gasteiger partial charge in [-0.05, 0) is 68.3 Å². The third kappa shape index (κ3) is 8.13. The lowest BCUT2D eigenvalue weighted by Crippen LogP contribution is -2.53. The minimum Gasteiger partial charge on any atom is -0.493 e. The first-order chi connectivity index (χ1) is 20.9. The van der Waals surface area contributed by atoms with Crippen molar-refractivity contribution in [2.75, 3.05) is 25.1 Å². The summed E-state index contributed by atoms with van der Waals surface area (Å²) in [4.78, 5) is 28.7. The Morgan fingerprint density at radius 1 is 0.932 bits per heavy atom. The van der Waals surface area contributed by atoms with Crippen LogP contribution in [0.1, 0.15) is 39.2 Å². The van der Waals surface area contributed by atoms with Gasteiger partial charge < -0.3 is 19.7 Å². The number of amides is 2. The first-order valence-electron chi connectivity index (χ1n) is 13.9. The van der Waals surface area contributed by atoms with Crippen molar-refractivity contribution in [3.63, 3.8) is 0 Å². The van der Waals surface area contributed by atoms with Gasteiger partial charge in [-0.1, -0.05) is 43.1 Å². The Morgan fingerprint density at radius 2 is 1.55 bits per heavy atom. The molecule has 0 heterocycles. The van der Waals surface area contributed by atoms with Gasteiger partial charge in [-0.2, -0.15) is 0 Å². The average Bonchev–Trinajstić information content (AvgIpc) is 3.00. The Hall–Kier alpha value is -3.54. The van der Waals surface area contributed by atoms with E-state index < -0.39 is 40.2 Å². The largest absolute Gasteiger partial charge is 0.493 e. The molecule has 0 saturated heterocycles. The van der Waals surface area contributed by atoms with Gasteiger partial charge in [0.15, 0.2) is 11.5 Å². The highest BCUT2D eigenvalue weighted by molar-refractivity contribution is 7.92. The van der Waals surface area contributed by atoms with Gasteiger partial charge in [0.1, 0.15) is 18.4 Å². The van der Waals surface area contributed by atoms with E-state index in [9.17, 15) is 22.4 Å². The SMILES string of the molecule is CC[C@H](C)NC(=O)[C@H](CC)N(Cc1c(Cl)cccc1Cl)C(=O)CN(c1ccc(F)cc1)S(=O)(=O)c1ccc(OC)c(OC)c1. The minimum absolute atomic E-state index is 0.0300. The number of ether oxygens (including phenoxy) is 2. The first kappa shape index (κ1) is 34.9. The summed E-state index contributed by atoms with van der Waals surface area (Å²) in [5.41, 5.74) is 0.428. The number of carbonyl (C=O) groups excluding carboxylic acids is 2. The summed E-state index contributed by atoms with van der Waals surface area (Å²) in [7, 11) is -1.67. The van der Waals surface area contributed by atoms with Crippen LogP contribution < -0.4 is 19.1 Å². The fourth-order valence-electron chi connectivity index (χ4n) is 4.45. The molecule has 2 atom stereocenters. The number of carbonyl (C=O) groups is 2. The van der Waals surface area contributed by atoms with E-state index in [1.165, 1.54) is 49.5 Å². The molecule has 0 bridgehead atoms. The van der Waals surface area contributed by atoms with E-state index in [-0.39, 0.29) is 45.4 Å². The van der Waals surface area contributed by atoms with Crippen LogP contribution in [0.2, 0.25) is 10.0 Å². The summed E-state index contributed by atoms with van der Waals surface area (Å²) in [6.07, 6.45) is 0.878. The number of rotatable bonds is 14. The molecule has 0 aliphatic rings. The van der Waals surface area contributed by atoms with Crippen molar-refractivity contribution < 1.29 is 31.9 Å². The van der Waals surface area contributed by atoms with Gasteiger partial charge >= 0.3 is 0 Å². The normalized spacial score (nSPS) is 12.6. The smallest absolute Gasteiger partial charge is 0.264 e. The summed E-state index contributed by atoms with van der Waals surface area (Å²) >= 11 is 12.9. The van der Waals surface area contributed by atoms with Crippen LogP contribution in [-0.4, -0.2) is 58.0 Å². The van der Waals surface area contributed by atoms with Crippen LogP contribution >= 0.6 is 23.2 Å². The van der Waals surface area contributed by atoms with E-state index >= 15 is 0 Å². The molecule has 9 nitrogen and oxygen atoms in total. The zero-order valence-electron chi connectivity index (χ0n) is 25.1. The van der Waals surface area contributed by atoms with Crippen molar-refractivity contribution in [3.8, 4) is 11.5 Å². The van der Waals surface area contributed by atoms with E-state index in [0.717, 1.165) is 16.4 Å². The topological polar surface area (TPSA) is 105 Å². The van der Waals surface area contributed by atoms with Crippen molar-refractivity contribution in [1.82, 2.24) is 10.2 Å². The highest BCUT2D eigenvalue weighted by Crippen LogP contribution is 2.33. The molecule has 0 unspecified atom stereocenters. The predicted molar refractivity (Wildman–Crippen MR) is 169 cm³/mol. The number of nitrogens with one attached hydrogen (secondary N) is 1. The second-order valence-corrected chi connectivity index (χ2v) is 12.6. The van der Waals surface area contributed by atoms with Crippen molar-refractivity contribution in [2.45, 2.75) is 57.1 Å². The zero-order chi connectivity index (χ0) is 32.6. The van der Waals surface area contributed by atoms with Crippen molar-refractivity contribution in [2.24, 2.45) is 0 Å². The fraction of sp³-hybridized carbons (Fsp3) is 0.355. The number of sulfonamides is 1. The number of hydrogen-bond acceptors (Lipinski definition) is 6. The van der Waals surface area contributed by atoms with Gasteiger partial charge in [0, 0.05) is 34.3 Å². The van der Waals surface area contributed by atoms with Crippen LogP contribution in [0.25, 0.3) is 0 Å². The van der Waals surface area contributed by atoms with Crippen molar-refractivity contribution in [3.05, 3.63) is 82.1 Å². The number of hydrogen-bond donors (Lipinski definition) is 1. The quantitative estimate of drug-likeness (QED) is 0.224. The number of halogens is 3. The molecule has 0 aliphatic carbocycles. The van der Waals surface area contributed by atoms with Gasteiger partial charge in [-0.15, -0.1) is 0 Å². The summed E-state index contributed by atoms with van der Waals surface area (Å²) in [5, 5.41) is 3.46. The maximum atomic E-state index is 14.2. The second-order valence-electron chi connectivity index (χ2n) is 9.97. The van der Waals surface area contributed by atoms with Crippen LogP contribution in [0.5, 0.6) is 11.5 Å². The number of methoxy groups -OCH3 is 2. The van der Waals surface area contributed by atoms with Crippen LogP contribution in [0.4, 0.5) is 10.1 Å². The summed E-state index contributed by atoms with van der Waals surface area (Å²) < 4.78 is 53.5. The molecule has 3 rings (SSSR count).